The van der Waals surface area contributed by atoms with Gasteiger partial charge in [-0.1, -0.05) is 13.8 Å². The number of hydrogen-bond donors (Lipinski definition) is 2. The van der Waals surface area contributed by atoms with Crippen LogP contribution in [0.25, 0.3) is 17.0 Å². The number of nitrogens with zero attached hydrogens (tertiary/aromatic N) is 4. The van der Waals surface area contributed by atoms with E-state index in [0.29, 0.717) is 23.7 Å². The molecule has 120 valence electrons. The maximum absolute atomic E-state index is 11.4. The molecule has 2 N–H and O–H groups in total. The summed E-state index contributed by atoms with van der Waals surface area (Å²) in [6, 6.07) is 4.76. The summed E-state index contributed by atoms with van der Waals surface area (Å²) in [4.78, 5) is 11.4. The van der Waals surface area contributed by atoms with Crippen molar-refractivity contribution >= 4 is 28.8 Å². The molecular formula is C15H17N5O2S. The molecule has 1 atom stereocenters. The quantitative estimate of drug-likeness (QED) is 0.721. The molecule has 3 heterocycles. The van der Waals surface area contributed by atoms with Crippen LogP contribution in [-0.4, -0.2) is 36.9 Å². The molecule has 0 aliphatic heterocycles. The van der Waals surface area contributed by atoms with Crippen molar-refractivity contribution in [2.45, 2.75) is 26.3 Å². The highest BCUT2D eigenvalue weighted by Gasteiger charge is 2.20. The SMILES string of the molecule is CC(C)CC(Nc1ccc2nnc(-c3ccsc3)n2n1)C(=O)O. The van der Waals surface area contributed by atoms with E-state index in [1.165, 1.54) is 0 Å². The number of aliphatic carboxylic acids is 1. The summed E-state index contributed by atoms with van der Waals surface area (Å²) < 4.78 is 1.62. The molecule has 0 amide bonds. The average Bonchev–Trinajstić information content (AvgIpc) is 3.14. The standard InChI is InChI=1S/C15H17N5O2S/c1-9(2)7-11(15(21)22)16-12-3-4-13-17-18-14(20(13)19-12)10-5-6-23-8-10/h3-6,8-9,11H,7H2,1-2H3,(H,16,19)(H,21,22). The lowest BCUT2D eigenvalue weighted by Gasteiger charge is -2.16. The third-order valence-electron chi connectivity index (χ3n) is 3.37. The third kappa shape index (κ3) is 3.31. The molecule has 1 unspecified atom stereocenters. The van der Waals surface area contributed by atoms with E-state index in [-0.39, 0.29) is 5.92 Å². The fourth-order valence-electron chi connectivity index (χ4n) is 2.31. The van der Waals surface area contributed by atoms with Crippen LogP contribution in [0.2, 0.25) is 0 Å². The summed E-state index contributed by atoms with van der Waals surface area (Å²) in [6.45, 7) is 3.98. The Labute approximate surface area is 137 Å². The largest absolute Gasteiger partial charge is 0.480 e. The van der Waals surface area contributed by atoms with Crippen molar-refractivity contribution in [2.24, 2.45) is 5.92 Å². The number of anilines is 1. The molecule has 0 bridgehead atoms. The first-order chi connectivity index (χ1) is 11.0. The zero-order valence-electron chi connectivity index (χ0n) is 12.8. The van der Waals surface area contributed by atoms with Crippen LogP contribution in [0.5, 0.6) is 0 Å². The predicted octanol–water partition coefficient (Wildman–Crippen LogP) is 2.76. The second-order valence-corrected chi connectivity index (χ2v) is 6.47. The number of nitrogens with one attached hydrogen (secondary N) is 1. The summed E-state index contributed by atoms with van der Waals surface area (Å²) in [5, 5.41) is 28.9. The zero-order valence-corrected chi connectivity index (χ0v) is 13.6. The number of fused-ring (bicyclic) bond motifs is 1. The Bertz CT molecular complexity index is 813. The maximum Gasteiger partial charge on any atom is 0.326 e. The van der Waals surface area contributed by atoms with Crippen LogP contribution >= 0.6 is 11.3 Å². The van der Waals surface area contributed by atoms with Crippen LogP contribution < -0.4 is 5.32 Å². The fraction of sp³-hybridized carbons (Fsp3) is 0.333. The normalized spacial score (nSPS) is 12.7. The third-order valence-corrected chi connectivity index (χ3v) is 4.05. The second-order valence-electron chi connectivity index (χ2n) is 5.69. The number of carboxylic acids is 1. The van der Waals surface area contributed by atoms with E-state index in [2.05, 4.69) is 20.6 Å². The molecule has 0 fully saturated rings. The molecule has 0 spiro atoms. The van der Waals surface area contributed by atoms with Crippen molar-refractivity contribution in [2.75, 3.05) is 5.32 Å². The van der Waals surface area contributed by atoms with Gasteiger partial charge in [-0.15, -0.1) is 15.3 Å². The zero-order chi connectivity index (χ0) is 16.4. The molecule has 7 nitrogen and oxygen atoms in total. The van der Waals surface area contributed by atoms with Crippen LogP contribution in [0.4, 0.5) is 5.82 Å². The monoisotopic (exact) mass is 331 g/mol. The van der Waals surface area contributed by atoms with Gasteiger partial charge in [0.25, 0.3) is 0 Å². The van der Waals surface area contributed by atoms with Crippen LogP contribution in [0.15, 0.2) is 29.0 Å². The number of thiophene rings is 1. The molecule has 3 rings (SSSR count). The van der Waals surface area contributed by atoms with Crippen molar-refractivity contribution in [1.82, 2.24) is 19.8 Å². The first-order valence-corrected chi connectivity index (χ1v) is 8.23. The molecule has 0 radical (unpaired) electrons. The number of rotatable bonds is 6. The lowest BCUT2D eigenvalue weighted by Crippen LogP contribution is -2.31. The van der Waals surface area contributed by atoms with E-state index < -0.39 is 12.0 Å². The molecule has 0 aromatic carbocycles. The van der Waals surface area contributed by atoms with E-state index in [4.69, 9.17) is 0 Å². The van der Waals surface area contributed by atoms with E-state index >= 15 is 0 Å². The van der Waals surface area contributed by atoms with Gasteiger partial charge in [-0.05, 0) is 35.9 Å². The molecule has 8 heteroatoms. The van der Waals surface area contributed by atoms with E-state index in [0.717, 1.165) is 5.56 Å². The van der Waals surface area contributed by atoms with Crippen LogP contribution in [0.1, 0.15) is 20.3 Å². The van der Waals surface area contributed by atoms with Crippen molar-refractivity contribution in [3.8, 4) is 11.4 Å². The van der Waals surface area contributed by atoms with Gasteiger partial charge in [0, 0.05) is 10.9 Å². The van der Waals surface area contributed by atoms with Gasteiger partial charge >= 0.3 is 5.97 Å². The van der Waals surface area contributed by atoms with Crippen LogP contribution in [0.3, 0.4) is 0 Å². The molecule has 3 aromatic heterocycles. The van der Waals surface area contributed by atoms with Gasteiger partial charge < -0.3 is 10.4 Å². The predicted molar refractivity (Wildman–Crippen MR) is 88.6 cm³/mol. The molecule has 0 aliphatic carbocycles. The Morgan fingerprint density at radius 1 is 1.35 bits per heavy atom. The van der Waals surface area contributed by atoms with E-state index in [1.807, 2.05) is 30.7 Å². The number of carboxylic acid groups (broad SMARTS) is 1. The van der Waals surface area contributed by atoms with Gasteiger partial charge in [0.05, 0.1) is 0 Å². The Balaban J connectivity index is 1.93. The smallest absolute Gasteiger partial charge is 0.326 e. The van der Waals surface area contributed by atoms with Crippen LogP contribution in [0, 0.1) is 5.92 Å². The molecule has 3 aromatic rings. The molecule has 0 saturated carbocycles. The first kappa shape index (κ1) is 15.4. The van der Waals surface area contributed by atoms with Crippen LogP contribution in [-0.2, 0) is 4.79 Å². The Morgan fingerprint density at radius 2 is 2.17 bits per heavy atom. The Kier molecular flexibility index (Phi) is 4.24. The Morgan fingerprint density at radius 3 is 2.83 bits per heavy atom. The highest BCUT2D eigenvalue weighted by molar-refractivity contribution is 7.08. The maximum atomic E-state index is 11.4. The van der Waals surface area contributed by atoms with E-state index in [1.54, 1.807) is 28.0 Å². The van der Waals surface area contributed by atoms with E-state index in [9.17, 15) is 9.90 Å². The van der Waals surface area contributed by atoms with Gasteiger partial charge in [0.15, 0.2) is 11.5 Å². The van der Waals surface area contributed by atoms with Crippen molar-refractivity contribution in [3.63, 3.8) is 0 Å². The summed E-state index contributed by atoms with van der Waals surface area (Å²) in [6.07, 6.45) is 0.522. The fourth-order valence-corrected chi connectivity index (χ4v) is 2.94. The second kappa shape index (κ2) is 6.33. The highest BCUT2D eigenvalue weighted by Crippen LogP contribution is 2.21. The Hall–Kier alpha value is -2.48. The topological polar surface area (TPSA) is 92.4 Å². The minimum absolute atomic E-state index is 0.267. The summed E-state index contributed by atoms with van der Waals surface area (Å²) in [5.41, 5.74) is 1.55. The minimum atomic E-state index is -0.887. The van der Waals surface area contributed by atoms with Gasteiger partial charge in [0.2, 0.25) is 0 Å². The molecule has 0 saturated heterocycles. The number of carbonyl (C=O) groups is 1. The van der Waals surface area contributed by atoms with Crippen molar-refractivity contribution < 1.29 is 9.90 Å². The molecule has 0 aliphatic rings. The summed E-state index contributed by atoms with van der Waals surface area (Å²) >= 11 is 1.57. The van der Waals surface area contributed by atoms with Gasteiger partial charge in [0.1, 0.15) is 11.9 Å². The molecular weight excluding hydrogens is 314 g/mol. The summed E-state index contributed by atoms with van der Waals surface area (Å²) in [7, 11) is 0. The van der Waals surface area contributed by atoms with Crippen molar-refractivity contribution in [3.05, 3.63) is 29.0 Å². The van der Waals surface area contributed by atoms with Gasteiger partial charge in [-0.2, -0.15) is 15.9 Å². The van der Waals surface area contributed by atoms with Gasteiger partial charge in [-0.3, -0.25) is 0 Å². The lowest BCUT2D eigenvalue weighted by atomic mass is 10.0. The highest BCUT2D eigenvalue weighted by atomic mass is 32.1. The lowest BCUT2D eigenvalue weighted by molar-refractivity contribution is -0.138. The van der Waals surface area contributed by atoms with Crippen molar-refractivity contribution in [1.29, 1.82) is 0 Å². The first-order valence-electron chi connectivity index (χ1n) is 7.29. The average molecular weight is 331 g/mol. The van der Waals surface area contributed by atoms with Gasteiger partial charge in [-0.25, -0.2) is 4.79 Å². The molecule has 23 heavy (non-hydrogen) atoms. The number of aromatic nitrogens is 4. The summed E-state index contributed by atoms with van der Waals surface area (Å²) in [5.74, 6) is 0.508. The minimum Gasteiger partial charge on any atom is -0.480 e. The number of hydrogen-bond acceptors (Lipinski definition) is 6.